The molecular weight excluding hydrogens is 452 g/mol. The number of nitrogens with zero attached hydrogens (tertiary/aromatic N) is 1. The highest BCUT2D eigenvalue weighted by Crippen LogP contribution is 2.65. The third-order valence-corrected chi connectivity index (χ3v) is 9.94. The van der Waals surface area contributed by atoms with Crippen molar-refractivity contribution < 1.29 is 13.2 Å². The Morgan fingerprint density at radius 1 is 1.17 bits per heavy atom. The van der Waals surface area contributed by atoms with E-state index in [9.17, 15) is 13.2 Å². The second-order valence-corrected chi connectivity index (χ2v) is 13.8. The van der Waals surface area contributed by atoms with E-state index < -0.39 is 10.0 Å². The first-order chi connectivity index (χ1) is 13.5. The number of amides is 1. The first kappa shape index (κ1) is 21.3. The monoisotopic (exact) mass is 482 g/mol. The fourth-order valence-corrected chi connectivity index (χ4v) is 8.81. The summed E-state index contributed by atoms with van der Waals surface area (Å²) in [5.74, 6) is 1.65. The van der Waals surface area contributed by atoms with E-state index in [0.717, 1.165) is 23.8 Å². The Balaban J connectivity index is 1.40. The summed E-state index contributed by atoms with van der Waals surface area (Å²) in [5.41, 5.74) is 1.07. The summed E-state index contributed by atoms with van der Waals surface area (Å²) < 4.78 is 25.9. The number of hydrogen-bond donors (Lipinski definition) is 1. The van der Waals surface area contributed by atoms with Crippen LogP contribution >= 0.6 is 15.9 Å². The van der Waals surface area contributed by atoms with Crippen LogP contribution in [0.1, 0.15) is 63.5 Å². The molecule has 4 fully saturated rings. The van der Waals surface area contributed by atoms with Gasteiger partial charge in [-0.05, 0) is 80.4 Å². The molecule has 29 heavy (non-hydrogen) atoms. The van der Waals surface area contributed by atoms with Crippen molar-refractivity contribution in [1.82, 2.24) is 9.62 Å². The number of nitrogens with one attached hydrogen (secondary N) is 1. The van der Waals surface area contributed by atoms with Crippen molar-refractivity contribution in [3.63, 3.8) is 0 Å². The Morgan fingerprint density at radius 3 is 2.28 bits per heavy atom. The highest BCUT2D eigenvalue weighted by atomic mass is 79.9. The van der Waals surface area contributed by atoms with Crippen molar-refractivity contribution in [3.8, 4) is 0 Å². The first-order valence-corrected chi connectivity index (χ1v) is 12.7. The molecule has 3 unspecified atom stereocenters. The minimum absolute atomic E-state index is 0.112. The molecule has 160 valence electrons. The van der Waals surface area contributed by atoms with Gasteiger partial charge in [-0.3, -0.25) is 4.79 Å². The quantitative estimate of drug-likeness (QED) is 0.616. The Labute approximate surface area is 182 Å². The van der Waals surface area contributed by atoms with Gasteiger partial charge in [0.05, 0.1) is 10.9 Å². The van der Waals surface area contributed by atoms with Crippen LogP contribution in [0, 0.1) is 17.3 Å². The molecule has 4 bridgehead atoms. The molecule has 4 saturated carbocycles. The van der Waals surface area contributed by atoms with E-state index in [1.165, 1.54) is 50.5 Å². The molecule has 0 saturated heterocycles. The topological polar surface area (TPSA) is 66.5 Å². The normalized spacial score (nSPS) is 34.4. The lowest BCUT2D eigenvalue weighted by Gasteiger charge is -2.60. The van der Waals surface area contributed by atoms with Crippen LogP contribution in [-0.2, 0) is 14.8 Å². The highest BCUT2D eigenvalue weighted by Gasteiger charge is 2.57. The van der Waals surface area contributed by atoms with E-state index in [1.54, 1.807) is 24.3 Å². The van der Waals surface area contributed by atoms with Crippen LogP contribution in [0.2, 0.25) is 0 Å². The number of alkyl halides is 1. The number of halogens is 1. The number of sulfonamides is 1. The predicted molar refractivity (Wildman–Crippen MR) is 117 cm³/mol. The van der Waals surface area contributed by atoms with Gasteiger partial charge < -0.3 is 5.32 Å². The predicted octanol–water partition coefficient (Wildman–Crippen LogP) is 4.24. The van der Waals surface area contributed by atoms with Crippen LogP contribution in [0.4, 0.5) is 0 Å². The van der Waals surface area contributed by atoms with E-state index in [4.69, 9.17) is 0 Å². The van der Waals surface area contributed by atoms with Gasteiger partial charge in [-0.25, -0.2) is 12.7 Å². The van der Waals surface area contributed by atoms with Gasteiger partial charge in [0.1, 0.15) is 0 Å². The maximum atomic E-state index is 12.9. The molecule has 0 heterocycles. The van der Waals surface area contributed by atoms with Crippen molar-refractivity contribution in [2.75, 3.05) is 14.1 Å². The summed E-state index contributed by atoms with van der Waals surface area (Å²) >= 11 is 4.02. The Kier molecular flexibility index (Phi) is 5.40. The van der Waals surface area contributed by atoms with Gasteiger partial charge in [0.2, 0.25) is 15.9 Å². The lowest BCUT2D eigenvalue weighted by atomic mass is 9.48. The Hall–Kier alpha value is -0.920. The van der Waals surface area contributed by atoms with Crippen LogP contribution in [-0.4, -0.2) is 37.0 Å². The first-order valence-electron chi connectivity index (χ1n) is 10.5. The highest BCUT2D eigenvalue weighted by molar-refractivity contribution is 9.10. The molecule has 1 aromatic carbocycles. The number of carbonyl (C=O) groups is 1. The molecule has 0 aliphatic heterocycles. The molecule has 0 spiro atoms. The smallest absolute Gasteiger partial charge is 0.242 e. The maximum Gasteiger partial charge on any atom is 0.242 e. The van der Waals surface area contributed by atoms with Crippen molar-refractivity contribution in [1.29, 1.82) is 0 Å². The van der Waals surface area contributed by atoms with Crippen LogP contribution in [0.25, 0.3) is 0 Å². The van der Waals surface area contributed by atoms with Crippen LogP contribution in [0.3, 0.4) is 0 Å². The average Bonchev–Trinajstić information content (AvgIpc) is 2.58. The average molecular weight is 483 g/mol. The van der Waals surface area contributed by atoms with Gasteiger partial charge >= 0.3 is 0 Å². The largest absolute Gasteiger partial charge is 0.350 e. The minimum Gasteiger partial charge on any atom is -0.350 e. The maximum absolute atomic E-state index is 12.9. The summed E-state index contributed by atoms with van der Waals surface area (Å²) in [5, 5.41) is 3.15. The van der Waals surface area contributed by atoms with Crippen molar-refractivity contribution >= 4 is 31.9 Å². The van der Waals surface area contributed by atoms with E-state index in [-0.39, 0.29) is 26.6 Å². The van der Waals surface area contributed by atoms with Gasteiger partial charge in [0.15, 0.2) is 0 Å². The van der Waals surface area contributed by atoms with Crippen LogP contribution < -0.4 is 5.32 Å². The zero-order valence-electron chi connectivity index (χ0n) is 17.4. The third kappa shape index (κ3) is 4.15. The van der Waals surface area contributed by atoms with Crippen LogP contribution in [0.5, 0.6) is 0 Å². The van der Waals surface area contributed by atoms with Gasteiger partial charge in [-0.2, -0.15) is 0 Å². The molecule has 7 heteroatoms. The second kappa shape index (κ2) is 7.34. The second-order valence-electron chi connectivity index (χ2n) is 9.93. The van der Waals surface area contributed by atoms with Crippen molar-refractivity contribution in [3.05, 3.63) is 29.8 Å². The third-order valence-electron chi connectivity index (χ3n) is 7.18. The summed E-state index contributed by atoms with van der Waals surface area (Å²) in [6, 6.07) is 6.66. The number of rotatable bonds is 6. The molecule has 1 aromatic rings. The van der Waals surface area contributed by atoms with Crippen molar-refractivity contribution in [2.24, 2.45) is 17.3 Å². The number of hydrogen-bond acceptors (Lipinski definition) is 3. The molecule has 0 aromatic heterocycles. The molecule has 4 aliphatic rings. The lowest BCUT2D eigenvalue weighted by Crippen LogP contribution is -2.54. The standard InChI is InChI=1S/C22H31BrN2O3S/c1-15(18-4-6-19(7-5-18)29(27,28)25(2)3)24-20(26)13-21-9-16-8-17(10-21)12-22(23,11-16)14-21/h4-7,15-17H,8-14H2,1-3H3,(H,24,26). The van der Waals surface area contributed by atoms with Gasteiger partial charge in [0, 0.05) is 24.8 Å². The molecule has 5 nitrogen and oxygen atoms in total. The van der Waals surface area contributed by atoms with Gasteiger partial charge in [-0.15, -0.1) is 0 Å². The Bertz CT molecular complexity index is 883. The van der Waals surface area contributed by atoms with Gasteiger partial charge in [0.25, 0.3) is 0 Å². The van der Waals surface area contributed by atoms with Gasteiger partial charge in [-0.1, -0.05) is 28.1 Å². The van der Waals surface area contributed by atoms with Crippen molar-refractivity contribution in [2.45, 2.75) is 67.1 Å². The number of benzene rings is 1. The van der Waals surface area contributed by atoms with E-state index in [2.05, 4.69) is 21.2 Å². The van der Waals surface area contributed by atoms with Crippen LogP contribution in [0.15, 0.2) is 29.2 Å². The molecule has 0 radical (unpaired) electrons. The van der Waals surface area contributed by atoms with E-state index >= 15 is 0 Å². The summed E-state index contributed by atoms with van der Waals surface area (Å²) in [7, 11) is -0.394. The Morgan fingerprint density at radius 2 is 1.76 bits per heavy atom. The molecule has 3 atom stereocenters. The number of carbonyl (C=O) groups excluding carboxylic acids is 1. The summed E-state index contributed by atoms with van der Waals surface area (Å²) in [6.45, 7) is 1.96. The van der Waals surface area contributed by atoms with E-state index in [1.807, 2.05) is 6.92 Å². The molecule has 1 N–H and O–H groups in total. The lowest BCUT2D eigenvalue weighted by molar-refractivity contribution is -0.128. The molecular formula is C22H31BrN2O3S. The van der Waals surface area contributed by atoms with E-state index in [0.29, 0.717) is 6.42 Å². The minimum atomic E-state index is -3.44. The fourth-order valence-electron chi connectivity index (χ4n) is 6.40. The molecule has 4 aliphatic carbocycles. The zero-order valence-corrected chi connectivity index (χ0v) is 19.9. The summed E-state index contributed by atoms with van der Waals surface area (Å²) in [6.07, 6.45) is 7.98. The zero-order chi connectivity index (χ0) is 21.0. The SMILES string of the molecule is CC(NC(=O)CC12CC3CC(CC(Br)(C3)C1)C2)c1ccc(S(=O)(=O)N(C)C)cc1. The molecule has 1 amide bonds. The molecule has 5 rings (SSSR count). The fraction of sp³-hybridized carbons (Fsp3) is 0.682. The summed E-state index contributed by atoms with van der Waals surface area (Å²) in [4.78, 5) is 13.2.